The van der Waals surface area contributed by atoms with E-state index in [2.05, 4.69) is 43.2 Å². The molecule has 0 aromatic carbocycles. The molecule has 0 unspecified atom stereocenters. The third-order valence-electron chi connectivity index (χ3n) is 5.11. The van der Waals surface area contributed by atoms with Crippen molar-refractivity contribution < 1.29 is 9.32 Å². The van der Waals surface area contributed by atoms with Crippen molar-refractivity contribution in [1.82, 2.24) is 15.4 Å². The molecule has 0 aliphatic heterocycles. The summed E-state index contributed by atoms with van der Waals surface area (Å²) < 4.78 is 5.23. The lowest BCUT2D eigenvalue weighted by Gasteiger charge is -2.41. The first kappa shape index (κ1) is 19.7. The summed E-state index contributed by atoms with van der Waals surface area (Å²) in [5, 5.41) is 7.01. The van der Waals surface area contributed by atoms with Crippen LogP contribution in [-0.2, 0) is 6.42 Å². The van der Waals surface area contributed by atoms with Crippen molar-refractivity contribution in [3.05, 3.63) is 17.0 Å². The maximum atomic E-state index is 12.5. The van der Waals surface area contributed by atoms with Gasteiger partial charge in [0.1, 0.15) is 5.76 Å². The Balaban J connectivity index is 2.77. The number of carbonyl (C=O) groups excluding carboxylic acids is 1. The minimum Gasteiger partial charge on any atom is -0.360 e. The highest BCUT2D eigenvalue weighted by atomic mass is 16.5. The van der Waals surface area contributed by atoms with Gasteiger partial charge in [-0.2, -0.15) is 0 Å². The van der Waals surface area contributed by atoms with Gasteiger partial charge < -0.3 is 9.84 Å². The van der Waals surface area contributed by atoms with E-state index in [-0.39, 0.29) is 11.4 Å². The van der Waals surface area contributed by atoms with Gasteiger partial charge in [0.05, 0.1) is 0 Å². The van der Waals surface area contributed by atoms with Crippen molar-refractivity contribution >= 4 is 5.91 Å². The standard InChI is InChI=1S/C18H33N3O2/c1-7-11-12-21(6)18(9-3,10-4)13-19-17(22)16-14(5)15(8-2)23-20-16/h7-13H2,1-6H3,(H,19,22). The number of nitrogens with one attached hydrogen (secondary N) is 1. The van der Waals surface area contributed by atoms with Gasteiger partial charge in [-0.25, -0.2) is 0 Å². The number of unbranched alkanes of at least 4 members (excludes halogenated alkanes) is 1. The van der Waals surface area contributed by atoms with E-state index >= 15 is 0 Å². The Morgan fingerprint density at radius 2 is 1.91 bits per heavy atom. The van der Waals surface area contributed by atoms with Crippen molar-refractivity contribution in [3.8, 4) is 0 Å². The molecule has 0 atom stereocenters. The highest BCUT2D eigenvalue weighted by Crippen LogP contribution is 2.23. The molecule has 23 heavy (non-hydrogen) atoms. The number of aryl methyl sites for hydroxylation is 1. The fraction of sp³-hybridized carbons (Fsp3) is 0.778. The van der Waals surface area contributed by atoms with Gasteiger partial charge in [-0.05, 0) is 39.8 Å². The molecule has 1 rings (SSSR count). The number of aromatic nitrogens is 1. The monoisotopic (exact) mass is 323 g/mol. The predicted molar refractivity (Wildman–Crippen MR) is 93.8 cm³/mol. The number of likely N-dealkylation sites (N-methyl/N-ethyl adjacent to an activating group) is 1. The largest absolute Gasteiger partial charge is 0.360 e. The van der Waals surface area contributed by atoms with Gasteiger partial charge in [0.25, 0.3) is 5.91 Å². The van der Waals surface area contributed by atoms with Crippen LogP contribution in [0, 0.1) is 6.92 Å². The molecule has 1 aromatic rings. The first-order valence-corrected chi connectivity index (χ1v) is 8.90. The van der Waals surface area contributed by atoms with E-state index in [1.54, 1.807) is 0 Å². The fourth-order valence-corrected chi connectivity index (χ4v) is 3.05. The SMILES string of the molecule is CCCCN(C)C(CC)(CC)CNC(=O)c1noc(CC)c1C. The quantitative estimate of drug-likeness (QED) is 0.715. The van der Waals surface area contributed by atoms with E-state index in [1.807, 2.05) is 13.8 Å². The van der Waals surface area contributed by atoms with Gasteiger partial charge in [0.2, 0.25) is 0 Å². The second-order valence-electron chi connectivity index (χ2n) is 6.32. The molecule has 1 heterocycles. The summed E-state index contributed by atoms with van der Waals surface area (Å²) >= 11 is 0. The second-order valence-corrected chi connectivity index (χ2v) is 6.32. The molecule has 5 heteroatoms. The molecule has 0 aliphatic carbocycles. The fourth-order valence-electron chi connectivity index (χ4n) is 3.05. The molecule has 0 aliphatic rings. The van der Waals surface area contributed by atoms with Crippen LogP contribution in [0.3, 0.4) is 0 Å². The molecule has 0 saturated carbocycles. The van der Waals surface area contributed by atoms with Crippen molar-refractivity contribution in [2.75, 3.05) is 20.1 Å². The van der Waals surface area contributed by atoms with E-state index in [4.69, 9.17) is 4.52 Å². The molecule has 0 fully saturated rings. The Morgan fingerprint density at radius 1 is 1.26 bits per heavy atom. The molecule has 132 valence electrons. The molecule has 0 bridgehead atoms. The van der Waals surface area contributed by atoms with E-state index in [1.165, 1.54) is 12.8 Å². The minimum absolute atomic E-state index is 0.00391. The summed E-state index contributed by atoms with van der Waals surface area (Å²) in [5.74, 6) is 0.647. The number of amides is 1. The summed E-state index contributed by atoms with van der Waals surface area (Å²) in [4.78, 5) is 14.9. The van der Waals surface area contributed by atoms with Crippen molar-refractivity contribution in [3.63, 3.8) is 0 Å². The topological polar surface area (TPSA) is 58.4 Å². The summed E-state index contributed by atoms with van der Waals surface area (Å²) in [6.07, 6.45) is 5.11. The van der Waals surface area contributed by atoms with Crippen LogP contribution in [0.4, 0.5) is 0 Å². The zero-order chi connectivity index (χ0) is 17.5. The van der Waals surface area contributed by atoms with Crippen LogP contribution >= 0.6 is 0 Å². The number of rotatable bonds is 10. The number of nitrogens with zero attached hydrogens (tertiary/aromatic N) is 2. The van der Waals surface area contributed by atoms with Gasteiger partial charge in [-0.1, -0.05) is 39.3 Å². The maximum absolute atomic E-state index is 12.5. The maximum Gasteiger partial charge on any atom is 0.273 e. The van der Waals surface area contributed by atoms with E-state index in [9.17, 15) is 4.79 Å². The van der Waals surface area contributed by atoms with Crippen LogP contribution in [0.25, 0.3) is 0 Å². The molecule has 0 radical (unpaired) electrons. The highest BCUT2D eigenvalue weighted by Gasteiger charge is 2.31. The molecular weight excluding hydrogens is 290 g/mol. The third-order valence-corrected chi connectivity index (χ3v) is 5.11. The summed E-state index contributed by atoms with van der Waals surface area (Å²) in [7, 11) is 2.16. The van der Waals surface area contributed by atoms with Crippen molar-refractivity contribution in [2.45, 2.75) is 72.3 Å². The molecule has 0 spiro atoms. The lowest BCUT2D eigenvalue weighted by atomic mass is 9.90. The Morgan fingerprint density at radius 3 is 2.39 bits per heavy atom. The first-order valence-electron chi connectivity index (χ1n) is 8.90. The smallest absolute Gasteiger partial charge is 0.273 e. The van der Waals surface area contributed by atoms with E-state index < -0.39 is 0 Å². The van der Waals surface area contributed by atoms with Crippen LogP contribution in [0.1, 0.15) is 75.2 Å². The zero-order valence-electron chi connectivity index (χ0n) is 15.7. The highest BCUT2D eigenvalue weighted by molar-refractivity contribution is 5.93. The average Bonchev–Trinajstić information content (AvgIpc) is 2.94. The van der Waals surface area contributed by atoms with E-state index in [0.717, 1.165) is 37.1 Å². The molecule has 5 nitrogen and oxygen atoms in total. The van der Waals surface area contributed by atoms with Gasteiger partial charge in [-0.3, -0.25) is 9.69 Å². The Labute approximate surface area is 140 Å². The third kappa shape index (κ3) is 4.56. The molecular formula is C18H33N3O2. The predicted octanol–water partition coefficient (Wildman–Crippen LogP) is 3.57. The summed E-state index contributed by atoms with van der Waals surface area (Å²) in [6, 6.07) is 0. The zero-order valence-corrected chi connectivity index (χ0v) is 15.7. The van der Waals surface area contributed by atoms with Crippen LogP contribution in [0.5, 0.6) is 0 Å². The Bertz CT molecular complexity index is 492. The second kappa shape index (κ2) is 9.06. The number of hydrogen-bond donors (Lipinski definition) is 1. The van der Waals surface area contributed by atoms with Crippen molar-refractivity contribution in [1.29, 1.82) is 0 Å². The van der Waals surface area contributed by atoms with Crippen molar-refractivity contribution in [2.24, 2.45) is 0 Å². The average molecular weight is 323 g/mol. The van der Waals surface area contributed by atoms with Crippen LogP contribution in [0.2, 0.25) is 0 Å². The normalized spacial score (nSPS) is 12.0. The Kier molecular flexibility index (Phi) is 7.76. The van der Waals surface area contributed by atoms with Crippen LogP contribution < -0.4 is 5.32 Å². The summed E-state index contributed by atoms with van der Waals surface area (Å²) in [5.41, 5.74) is 1.26. The minimum atomic E-state index is -0.138. The van der Waals surface area contributed by atoms with Gasteiger partial charge in [0.15, 0.2) is 5.69 Å². The van der Waals surface area contributed by atoms with Crippen LogP contribution in [-0.4, -0.2) is 41.6 Å². The van der Waals surface area contributed by atoms with E-state index in [0.29, 0.717) is 12.2 Å². The lowest BCUT2D eigenvalue weighted by Crippen LogP contribution is -2.53. The molecule has 1 aromatic heterocycles. The lowest BCUT2D eigenvalue weighted by molar-refractivity contribution is 0.0813. The first-order chi connectivity index (χ1) is 11.0. The molecule has 0 saturated heterocycles. The summed E-state index contributed by atoms with van der Waals surface area (Å²) in [6.45, 7) is 12.2. The Hall–Kier alpha value is -1.36. The van der Waals surface area contributed by atoms with Gasteiger partial charge in [0, 0.05) is 24.1 Å². The number of hydrogen-bond acceptors (Lipinski definition) is 4. The number of carbonyl (C=O) groups is 1. The molecule has 1 N–H and O–H groups in total. The molecule has 1 amide bonds. The van der Waals surface area contributed by atoms with Gasteiger partial charge >= 0.3 is 0 Å². The van der Waals surface area contributed by atoms with Crippen LogP contribution in [0.15, 0.2) is 4.52 Å². The van der Waals surface area contributed by atoms with Gasteiger partial charge in [-0.15, -0.1) is 0 Å².